The molecule has 4 aromatic carbocycles. The molecule has 0 aliphatic heterocycles. The van der Waals surface area contributed by atoms with Gasteiger partial charge in [0.1, 0.15) is 11.5 Å². The minimum Gasteiger partial charge on any atom is -0.507 e. The first-order valence-corrected chi connectivity index (χ1v) is 23.4. The van der Waals surface area contributed by atoms with Crippen LogP contribution in [0.4, 0.5) is 0 Å². The Morgan fingerprint density at radius 1 is 0.419 bits per heavy atom. The summed E-state index contributed by atoms with van der Waals surface area (Å²) in [6.07, 6.45) is 0. The Hall–Kier alpha value is -4.66. The first-order valence-electron chi connectivity index (χ1n) is 21.4. The van der Waals surface area contributed by atoms with Crippen LogP contribution in [-0.4, -0.2) is 44.9 Å². The number of aromatic hydroxyl groups is 2. The van der Waals surface area contributed by atoms with Crippen molar-refractivity contribution in [3.63, 3.8) is 0 Å². The number of Topliss-reactive ketones (excluding diaryl/α,β-unsaturated/α-hetero) is 4. The first kappa shape index (κ1) is 48.4. The molecule has 2 aliphatic rings. The number of fused-ring (bicyclic) bond motifs is 2. The van der Waals surface area contributed by atoms with Crippen molar-refractivity contribution in [2.24, 2.45) is 0 Å². The number of rotatable bonds is 6. The third kappa shape index (κ3) is 9.47. The lowest BCUT2D eigenvalue weighted by atomic mass is 9.76. The Labute approximate surface area is 378 Å². The summed E-state index contributed by atoms with van der Waals surface area (Å²) in [5.74, 6) is 1.46. The number of allylic oxidation sites excluding steroid dienone is 4. The smallest absolute Gasteiger partial charge is 0.200 e. The molecule has 6 nitrogen and oxygen atoms in total. The van der Waals surface area contributed by atoms with E-state index >= 15 is 0 Å². The normalized spacial score (nSPS) is 14.8. The molecule has 0 heterocycles. The Morgan fingerprint density at radius 3 is 1.00 bits per heavy atom. The molecule has 0 atom stereocenters. The van der Waals surface area contributed by atoms with Crippen LogP contribution in [-0.2, 0) is 21.7 Å². The molecule has 0 unspecified atom stereocenters. The van der Waals surface area contributed by atoms with Crippen molar-refractivity contribution in [2.75, 3.05) is 11.5 Å². The van der Waals surface area contributed by atoms with Gasteiger partial charge in [-0.1, -0.05) is 132 Å². The molecule has 62 heavy (non-hydrogen) atoms. The molecule has 0 spiro atoms. The highest BCUT2D eigenvalue weighted by atomic mass is 32.2. The van der Waals surface area contributed by atoms with Crippen molar-refractivity contribution in [3.8, 4) is 11.5 Å². The van der Waals surface area contributed by atoms with Gasteiger partial charge in [-0.25, -0.2) is 0 Å². The quantitative estimate of drug-likeness (QED) is 0.197. The van der Waals surface area contributed by atoms with Gasteiger partial charge in [0.25, 0.3) is 0 Å². The molecule has 328 valence electrons. The van der Waals surface area contributed by atoms with Crippen molar-refractivity contribution in [3.05, 3.63) is 137 Å². The number of carbonyl (C=O) groups is 4. The van der Waals surface area contributed by atoms with Crippen molar-refractivity contribution in [2.45, 2.75) is 132 Å². The summed E-state index contributed by atoms with van der Waals surface area (Å²) in [5, 5.41) is 22.2. The molecule has 0 fully saturated rings. The van der Waals surface area contributed by atoms with Crippen LogP contribution < -0.4 is 0 Å². The van der Waals surface area contributed by atoms with Crippen molar-refractivity contribution >= 4 is 57.8 Å². The zero-order chi connectivity index (χ0) is 46.6. The number of benzene rings is 4. The Balaban J connectivity index is 0.000000234. The average molecular weight is 873 g/mol. The van der Waals surface area contributed by atoms with Gasteiger partial charge in [0.05, 0.1) is 9.81 Å². The Morgan fingerprint density at radius 2 is 0.694 bits per heavy atom. The summed E-state index contributed by atoms with van der Waals surface area (Å²) in [6.45, 7) is 32.3. The standard InChI is InChI=1S/2C27H32O3S/c1-9-31-25-21(22(28)18-12-15(2)10-11-17(18)23(25)29)16-13-19(26(3,4)5)24(30)20(14-16)27(6,7)8;1-9-31-25-21(22(28)17-11-10-15(2)12-18(17)23(25)29)16-13-19(26(3,4)5)24(30)20(14-16)27(6,7)8/h2*10-14,30H,9H2,1-8H3. The van der Waals surface area contributed by atoms with Crippen LogP contribution in [0.3, 0.4) is 0 Å². The fourth-order valence-electron chi connectivity index (χ4n) is 7.97. The van der Waals surface area contributed by atoms with E-state index in [-0.39, 0.29) is 56.3 Å². The minimum absolute atomic E-state index is 0.0946. The highest BCUT2D eigenvalue weighted by Gasteiger charge is 2.37. The Bertz CT molecular complexity index is 2500. The number of thioether (sulfide) groups is 2. The van der Waals surface area contributed by atoms with E-state index in [1.807, 2.05) is 147 Å². The molecule has 6 rings (SSSR count). The number of ketones is 4. The fraction of sp³-hybridized carbons (Fsp3) is 0.407. The summed E-state index contributed by atoms with van der Waals surface area (Å²) in [7, 11) is 0. The van der Waals surface area contributed by atoms with Crippen molar-refractivity contribution in [1.82, 2.24) is 0 Å². The summed E-state index contributed by atoms with van der Waals surface area (Å²) in [5.41, 5.74) is 7.88. The lowest BCUT2D eigenvalue weighted by molar-refractivity contribution is 0.0998. The lowest BCUT2D eigenvalue weighted by Gasteiger charge is -2.29. The SMILES string of the molecule is CCSC1=C(c2cc(C(C)(C)C)c(O)c(C(C)(C)C)c2)C(=O)c2cc(C)ccc2C1=O.CCSC1=C(c2cc(C(C)(C)C)c(O)c(C(C)(C)C)c2)C(=O)c2ccc(C)cc2C1=O. The molecule has 0 radical (unpaired) electrons. The maximum atomic E-state index is 13.7. The predicted octanol–water partition coefficient (Wildman–Crippen LogP) is 13.7. The fourth-order valence-corrected chi connectivity index (χ4v) is 9.74. The molecule has 2 aliphatic carbocycles. The van der Waals surface area contributed by atoms with E-state index in [0.717, 1.165) is 33.4 Å². The molecule has 4 aromatic rings. The van der Waals surface area contributed by atoms with Crippen LogP contribution in [0, 0.1) is 13.8 Å². The number of carbonyl (C=O) groups excluding carboxylic acids is 4. The zero-order valence-electron chi connectivity index (χ0n) is 39.5. The van der Waals surface area contributed by atoms with Crippen LogP contribution in [0.15, 0.2) is 70.5 Å². The number of phenolic OH excluding ortho intramolecular Hbond substituents is 2. The van der Waals surface area contributed by atoms with Gasteiger partial charge in [-0.2, -0.15) is 0 Å². The molecule has 0 amide bonds. The Kier molecular flexibility index (Phi) is 13.6. The monoisotopic (exact) mass is 872 g/mol. The zero-order valence-corrected chi connectivity index (χ0v) is 41.2. The number of hydrogen-bond donors (Lipinski definition) is 2. The third-order valence-electron chi connectivity index (χ3n) is 11.3. The first-order chi connectivity index (χ1) is 28.5. The van der Waals surface area contributed by atoms with E-state index in [1.165, 1.54) is 23.5 Å². The molecule has 0 saturated heterocycles. The van der Waals surface area contributed by atoms with Gasteiger partial charge >= 0.3 is 0 Å². The topological polar surface area (TPSA) is 109 Å². The van der Waals surface area contributed by atoms with Gasteiger partial charge in [-0.05, 0) is 94.5 Å². The summed E-state index contributed by atoms with van der Waals surface area (Å²) >= 11 is 2.83. The van der Waals surface area contributed by atoms with Crippen LogP contribution in [0.1, 0.15) is 183 Å². The number of aryl methyl sites for hydroxylation is 2. The molecule has 0 aromatic heterocycles. The predicted molar refractivity (Wildman–Crippen MR) is 261 cm³/mol. The molecular formula is C54H64O6S2. The van der Waals surface area contributed by atoms with E-state index < -0.39 is 0 Å². The highest BCUT2D eigenvalue weighted by Crippen LogP contribution is 2.47. The van der Waals surface area contributed by atoms with Gasteiger partial charge < -0.3 is 10.2 Å². The van der Waals surface area contributed by atoms with Gasteiger partial charge in [0.2, 0.25) is 11.6 Å². The van der Waals surface area contributed by atoms with E-state index in [9.17, 15) is 29.4 Å². The molecule has 8 heteroatoms. The second-order valence-corrected chi connectivity index (χ2v) is 23.1. The van der Waals surface area contributed by atoms with Crippen LogP contribution >= 0.6 is 23.5 Å². The second-order valence-electron chi connectivity index (χ2n) is 20.5. The average Bonchev–Trinajstić information content (AvgIpc) is 3.15. The lowest BCUT2D eigenvalue weighted by Crippen LogP contribution is -2.22. The van der Waals surface area contributed by atoms with E-state index in [0.29, 0.717) is 65.8 Å². The van der Waals surface area contributed by atoms with Gasteiger partial charge in [0.15, 0.2) is 11.6 Å². The molecule has 0 saturated carbocycles. The largest absolute Gasteiger partial charge is 0.507 e. The number of hydrogen-bond acceptors (Lipinski definition) is 8. The van der Waals surface area contributed by atoms with Crippen molar-refractivity contribution < 1.29 is 29.4 Å². The van der Waals surface area contributed by atoms with Crippen molar-refractivity contribution in [1.29, 1.82) is 0 Å². The summed E-state index contributed by atoms with van der Waals surface area (Å²) < 4.78 is 0. The van der Waals surface area contributed by atoms with Gasteiger partial charge in [0, 0.05) is 55.7 Å². The van der Waals surface area contributed by atoms with Gasteiger partial charge in [-0.15, -0.1) is 23.5 Å². The van der Waals surface area contributed by atoms with Crippen LogP contribution in [0.2, 0.25) is 0 Å². The summed E-state index contributed by atoms with van der Waals surface area (Å²) in [6, 6.07) is 18.4. The van der Waals surface area contributed by atoms with E-state index in [2.05, 4.69) is 0 Å². The minimum atomic E-state index is -0.324. The van der Waals surface area contributed by atoms with Gasteiger partial charge in [-0.3, -0.25) is 19.2 Å². The maximum Gasteiger partial charge on any atom is 0.200 e. The van der Waals surface area contributed by atoms with E-state index in [4.69, 9.17) is 0 Å². The molecule has 2 N–H and O–H groups in total. The van der Waals surface area contributed by atoms with E-state index in [1.54, 1.807) is 24.3 Å². The number of phenols is 2. The second kappa shape index (κ2) is 17.5. The molecular weight excluding hydrogens is 809 g/mol. The summed E-state index contributed by atoms with van der Waals surface area (Å²) in [4.78, 5) is 55.2. The maximum absolute atomic E-state index is 13.7. The van der Waals surface area contributed by atoms with Crippen LogP contribution in [0.25, 0.3) is 11.1 Å². The third-order valence-corrected chi connectivity index (χ3v) is 13.2. The highest BCUT2D eigenvalue weighted by molar-refractivity contribution is 8.04. The van der Waals surface area contributed by atoms with Crippen LogP contribution in [0.5, 0.6) is 11.5 Å². The molecule has 0 bridgehead atoms.